The zero-order valence-electron chi connectivity index (χ0n) is 13.2. The highest BCUT2D eigenvalue weighted by Gasteiger charge is 2.12. The standard InChI is InChI=1S/C16H24N4O.HI/c1-3-11-21-15-13(7-6-10-18-15)12-19-16(17-2)20-14-8-4-5-9-14;/h4-7,10,14H,3,8-9,11-12H2,1-2H3,(H2,17,19,20);1H. The molecule has 1 aromatic rings. The molecule has 0 amide bonds. The summed E-state index contributed by atoms with van der Waals surface area (Å²) in [5.74, 6) is 1.51. The highest BCUT2D eigenvalue weighted by molar-refractivity contribution is 14.0. The van der Waals surface area contributed by atoms with Gasteiger partial charge in [0.25, 0.3) is 0 Å². The number of halogens is 1. The lowest BCUT2D eigenvalue weighted by Crippen LogP contribution is -2.42. The van der Waals surface area contributed by atoms with E-state index in [1.54, 1.807) is 13.2 Å². The van der Waals surface area contributed by atoms with Crippen LogP contribution in [0.15, 0.2) is 35.5 Å². The highest BCUT2D eigenvalue weighted by Crippen LogP contribution is 2.14. The molecule has 0 saturated carbocycles. The molecular weight excluding hydrogens is 391 g/mol. The van der Waals surface area contributed by atoms with Crippen molar-refractivity contribution in [2.45, 2.75) is 38.8 Å². The Morgan fingerprint density at radius 2 is 2.18 bits per heavy atom. The van der Waals surface area contributed by atoms with E-state index in [1.165, 1.54) is 0 Å². The lowest BCUT2D eigenvalue weighted by Gasteiger charge is -2.17. The summed E-state index contributed by atoms with van der Waals surface area (Å²) in [6, 6.07) is 4.39. The molecule has 1 aliphatic rings. The summed E-state index contributed by atoms with van der Waals surface area (Å²) < 4.78 is 5.66. The number of aliphatic imine (C=N–C) groups is 1. The van der Waals surface area contributed by atoms with Crippen molar-refractivity contribution in [1.29, 1.82) is 0 Å². The Hall–Kier alpha value is -1.31. The minimum atomic E-state index is 0. The average Bonchev–Trinajstić information content (AvgIpc) is 3.03. The monoisotopic (exact) mass is 416 g/mol. The summed E-state index contributed by atoms with van der Waals surface area (Å²) in [5, 5.41) is 6.73. The summed E-state index contributed by atoms with van der Waals surface area (Å²) in [6.45, 7) is 3.42. The van der Waals surface area contributed by atoms with Gasteiger partial charge in [-0.15, -0.1) is 24.0 Å². The normalized spacial score (nSPS) is 14.5. The molecule has 5 nitrogen and oxygen atoms in total. The molecule has 0 bridgehead atoms. The number of hydrogen-bond acceptors (Lipinski definition) is 3. The fraction of sp³-hybridized carbons (Fsp3) is 0.500. The number of pyridine rings is 1. The fourth-order valence-corrected chi connectivity index (χ4v) is 2.19. The Kier molecular flexibility index (Phi) is 8.88. The molecule has 0 unspecified atom stereocenters. The topological polar surface area (TPSA) is 58.5 Å². The van der Waals surface area contributed by atoms with Gasteiger partial charge in [0.05, 0.1) is 6.61 Å². The van der Waals surface area contributed by atoms with Crippen molar-refractivity contribution in [2.24, 2.45) is 4.99 Å². The van der Waals surface area contributed by atoms with Crippen LogP contribution in [0.1, 0.15) is 31.7 Å². The maximum Gasteiger partial charge on any atom is 0.218 e. The maximum absolute atomic E-state index is 5.66. The van der Waals surface area contributed by atoms with Gasteiger partial charge in [-0.3, -0.25) is 4.99 Å². The molecule has 0 atom stereocenters. The van der Waals surface area contributed by atoms with Crippen molar-refractivity contribution in [2.75, 3.05) is 13.7 Å². The fourth-order valence-electron chi connectivity index (χ4n) is 2.19. The van der Waals surface area contributed by atoms with E-state index in [9.17, 15) is 0 Å². The first-order valence-electron chi connectivity index (χ1n) is 7.52. The van der Waals surface area contributed by atoms with Crippen molar-refractivity contribution in [1.82, 2.24) is 15.6 Å². The van der Waals surface area contributed by atoms with E-state index in [1.807, 2.05) is 12.1 Å². The summed E-state index contributed by atoms with van der Waals surface area (Å²) >= 11 is 0. The summed E-state index contributed by atoms with van der Waals surface area (Å²) in [4.78, 5) is 8.55. The molecule has 2 rings (SSSR count). The van der Waals surface area contributed by atoms with Crippen LogP contribution in [0.3, 0.4) is 0 Å². The van der Waals surface area contributed by atoms with Gasteiger partial charge in [0.2, 0.25) is 5.88 Å². The van der Waals surface area contributed by atoms with E-state index in [-0.39, 0.29) is 24.0 Å². The summed E-state index contributed by atoms with van der Waals surface area (Å²) in [5.41, 5.74) is 1.04. The Morgan fingerprint density at radius 3 is 2.86 bits per heavy atom. The number of aromatic nitrogens is 1. The molecule has 122 valence electrons. The average molecular weight is 416 g/mol. The third-order valence-electron chi connectivity index (χ3n) is 3.31. The molecule has 0 aromatic carbocycles. The van der Waals surface area contributed by atoms with E-state index in [2.05, 4.69) is 39.7 Å². The molecule has 2 N–H and O–H groups in total. The Morgan fingerprint density at radius 1 is 1.41 bits per heavy atom. The van der Waals surface area contributed by atoms with E-state index in [4.69, 9.17) is 4.74 Å². The van der Waals surface area contributed by atoms with E-state index in [0.717, 1.165) is 30.8 Å². The molecule has 0 saturated heterocycles. The third kappa shape index (κ3) is 5.82. The first-order valence-corrected chi connectivity index (χ1v) is 7.52. The number of ether oxygens (including phenoxy) is 1. The summed E-state index contributed by atoms with van der Waals surface area (Å²) in [6.07, 6.45) is 9.23. The van der Waals surface area contributed by atoms with Crippen LogP contribution in [0, 0.1) is 0 Å². The molecule has 0 fully saturated rings. The Balaban J connectivity index is 0.00000242. The van der Waals surface area contributed by atoms with Crippen LogP contribution in [0.25, 0.3) is 0 Å². The molecule has 0 radical (unpaired) electrons. The minimum absolute atomic E-state index is 0. The molecule has 6 heteroatoms. The Labute approximate surface area is 149 Å². The van der Waals surface area contributed by atoms with Crippen molar-refractivity contribution in [3.05, 3.63) is 36.0 Å². The second-order valence-electron chi connectivity index (χ2n) is 5.03. The van der Waals surface area contributed by atoms with Gasteiger partial charge in [-0.2, -0.15) is 0 Å². The summed E-state index contributed by atoms with van der Waals surface area (Å²) in [7, 11) is 1.79. The zero-order valence-corrected chi connectivity index (χ0v) is 15.5. The predicted molar refractivity (Wildman–Crippen MR) is 101 cm³/mol. The first kappa shape index (κ1) is 18.7. The van der Waals surface area contributed by atoms with Gasteiger partial charge in [0.15, 0.2) is 5.96 Å². The molecular formula is C16H25IN4O. The molecule has 1 heterocycles. The SMILES string of the molecule is CCCOc1ncccc1CNC(=NC)NC1CC=CC1.I. The van der Waals surface area contributed by atoms with Crippen molar-refractivity contribution >= 4 is 29.9 Å². The number of nitrogens with one attached hydrogen (secondary N) is 2. The highest BCUT2D eigenvalue weighted by atomic mass is 127. The van der Waals surface area contributed by atoms with Crippen LogP contribution >= 0.6 is 24.0 Å². The number of guanidine groups is 1. The van der Waals surface area contributed by atoms with Crippen LogP contribution in [0.2, 0.25) is 0 Å². The maximum atomic E-state index is 5.66. The lowest BCUT2D eigenvalue weighted by atomic mass is 10.2. The number of rotatable bonds is 6. The van der Waals surface area contributed by atoms with Gasteiger partial charge >= 0.3 is 0 Å². The van der Waals surface area contributed by atoms with Crippen LogP contribution in [0.4, 0.5) is 0 Å². The molecule has 1 aromatic heterocycles. The van der Waals surface area contributed by atoms with Gasteiger partial charge in [-0.05, 0) is 25.3 Å². The van der Waals surface area contributed by atoms with Gasteiger partial charge in [0, 0.05) is 31.4 Å². The molecule has 22 heavy (non-hydrogen) atoms. The first-order chi connectivity index (χ1) is 10.3. The van der Waals surface area contributed by atoms with Gasteiger partial charge < -0.3 is 15.4 Å². The van der Waals surface area contributed by atoms with Crippen LogP contribution in [-0.4, -0.2) is 30.6 Å². The second-order valence-corrected chi connectivity index (χ2v) is 5.03. The number of nitrogens with zero attached hydrogens (tertiary/aromatic N) is 2. The largest absolute Gasteiger partial charge is 0.477 e. The van der Waals surface area contributed by atoms with Crippen molar-refractivity contribution in [3.8, 4) is 5.88 Å². The molecule has 0 aliphatic heterocycles. The van der Waals surface area contributed by atoms with Gasteiger partial charge in [-0.25, -0.2) is 4.98 Å². The smallest absolute Gasteiger partial charge is 0.218 e. The third-order valence-corrected chi connectivity index (χ3v) is 3.31. The van der Waals surface area contributed by atoms with Gasteiger partial charge in [0.1, 0.15) is 0 Å². The predicted octanol–water partition coefficient (Wildman–Crippen LogP) is 2.87. The Bertz CT molecular complexity index is 497. The molecule has 1 aliphatic carbocycles. The van der Waals surface area contributed by atoms with Crippen LogP contribution < -0.4 is 15.4 Å². The zero-order chi connectivity index (χ0) is 14.9. The van der Waals surface area contributed by atoms with E-state index >= 15 is 0 Å². The lowest BCUT2D eigenvalue weighted by molar-refractivity contribution is 0.301. The molecule has 0 spiro atoms. The van der Waals surface area contributed by atoms with Crippen molar-refractivity contribution < 1.29 is 4.74 Å². The number of hydrogen-bond donors (Lipinski definition) is 2. The van der Waals surface area contributed by atoms with Gasteiger partial charge in [-0.1, -0.05) is 25.1 Å². The second kappa shape index (κ2) is 10.4. The minimum Gasteiger partial charge on any atom is -0.477 e. The quantitative estimate of drug-likeness (QED) is 0.324. The van der Waals surface area contributed by atoms with E-state index < -0.39 is 0 Å². The van der Waals surface area contributed by atoms with Crippen molar-refractivity contribution in [3.63, 3.8) is 0 Å². The van der Waals surface area contributed by atoms with Crippen LogP contribution in [-0.2, 0) is 6.54 Å². The van der Waals surface area contributed by atoms with E-state index in [0.29, 0.717) is 25.1 Å². The van der Waals surface area contributed by atoms with Crippen LogP contribution in [0.5, 0.6) is 5.88 Å².